The molecule has 1 N–H and O–H groups in total. The van der Waals surface area contributed by atoms with Gasteiger partial charge >= 0.3 is 0 Å². The van der Waals surface area contributed by atoms with Crippen LogP contribution in [0, 0.1) is 0 Å². The van der Waals surface area contributed by atoms with Gasteiger partial charge in [-0.25, -0.2) is 0 Å². The second kappa shape index (κ2) is 7.20. The van der Waals surface area contributed by atoms with Crippen LogP contribution in [0.15, 0.2) is 48.8 Å². The predicted octanol–water partition coefficient (Wildman–Crippen LogP) is 3.74. The summed E-state index contributed by atoms with van der Waals surface area (Å²) in [5.41, 5.74) is 3.78. The molecular formula is C18H23NO. The summed E-state index contributed by atoms with van der Waals surface area (Å²) in [5, 5.41) is 10.1. The van der Waals surface area contributed by atoms with E-state index in [1.807, 2.05) is 12.1 Å². The van der Waals surface area contributed by atoms with Crippen LogP contribution in [0.5, 0.6) is 0 Å². The van der Waals surface area contributed by atoms with Gasteiger partial charge in [-0.2, -0.15) is 0 Å². The Labute approximate surface area is 121 Å². The van der Waals surface area contributed by atoms with E-state index in [1.165, 1.54) is 16.7 Å². The summed E-state index contributed by atoms with van der Waals surface area (Å²) in [6, 6.07) is 12.6. The van der Waals surface area contributed by atoms with Gasteiger partial charge in [0.1, 0.15) is 0 Å². The molecule has 106 valence electrons. The number of aromatic nitrogens is 1. The summed E-state index contributed by atoms with van der Waals surface area (Å²) >= 11 is 0. The SMILES string of the molecule is CC(C)c1ccc(CC(O)CCc2ccncc2)cc1. The minimum atomic E-state index is -0.284. The first-order valence-corrected chi connectivity index (χ1v) is 7.31. The van der Waals surface area contributed by atoms with Crippen LogP contribution in [0.25, 0.3) is 0 Å². The lowest BCUT2D eigenvalue weighted by Crippen LogP contribution is -2.11. The average Bonchev–Trinajstić information content (AvgIpc) is 2.47. The van der Waals surface area contributed by atoms with Crippen LogP contribution in [0.4, 0.5) is 0 Å². The van der Waals surface area contributed by atoms with Gasteiger partial charge in [0.15, 0.2) is 0 Å². The van der Waals surface area contributed by atoms with Gasteiger partial charge in [-0.05, 0) is 54.0 Å². The van der Waals surface area contributed by atoms with Crippen molar-refractivity contribution in [2.75, 3.05) is 0 Å². The summed E-state index contributed by atoms with van der Waals surface area (Å²) in [4.78, 5) is 4.00. The fourth-order valence-electron chi connectivity index (χ4n) is 2.30. The highest BCUT2D eigenvalue weighted by Crippen LogP contribution is 2.16. The van der Waals surface area contributed by atoms with E-state index in [4.69, 9.17) is 0 Å². The lowest BCUT2D eigenvalue weighted by Gasteiger charge is -2.12. The molecule has 1 aromatic carbocycles. The maximum absolute atomic E-state index is 10.1. The zero-order chi connectivity index (χ0) is 14.4. The molecule has 0 aliphatic heterocycles. The Bertz CT molecular complexity index is 505. The first-order chi connectivity index (χ1) is 9.65. The smallest absolute Gasteiger partial charge is 0.0583 e. The minimum absolute atomic E-state index is 0.284. The molecule has 0 radical (unpaired) electrons. The highest BCUT2D eigenvalue weighted by atomic mass is 16.3. The van der Waals surface area contributed by atoms with Crippen molar-refractivity contribution in [1.29, 1.82) is 0 Å². The van der Waals surface area contributed by atoms with Gasteiger partial charge in [0.25, 0.3) is 0 Å². The second-order valence-corrected chi connectivity index (χ2v) is 5.65. The van der Waals surface area contributed by atoms with Gasteiger partial charge in [0, 0.05) is 12.4 Å². The van der Waals surface area contributed by atoms with E-state index in [2.05, 4.69) is 43.1 Å². The molecule has 0 bridgehead atoms. The van der Waals surface area contributed by atoms with E-state index >= 15 is 0 Å². The van der Waals surface area contributed by atoms with Crippen molar-refractivity contribution in [2.24, 2.45) is 0 Å². The number of benzene rings is 1. The van der Waals surface area contributed by atoms with Crippen molar-refractivity contribution >= 4 is 0 Å². The molecule has 2 heteroatoms. The molecule has 1 atom stereocenters. The average molecular weight is 269 g/mol. The standard InChI is InChI=1S/C18H23NO/c1-14(2)17-6-3-16(4-7-17)13-18(20)8-5-15-9-11-19-12-10-15/h3-4,6-7,9-12,14,18,20H,5,8,13H2,1-2H3. The van der Waals surface area contributed by atoms with E-state index < -0.39 is 0 Å². The number of aryl methyl sites for hydroxylation is 1. The first-order valence-electron chi connectivity index (χ1n) is 7.31. The molecule has 0 saturated carbocycles. The first kappa shape index (κ1) is 14.7. The molecule has 0 spiro atoms. The molecule has 2 aromatic rings. The molecule has 0 saturated heterocycles. The molecule has 20 heavy (non-hydrogen) atoms. The third-order valence-electron chi connectivity index (χ3n) is 3.63. The summed E-state index contributed by atoms with van der Waals surface area (Å²) in [6.07, 6.45) is 5.72. The molecule has 2 nitrogen and oxygen atoms in total. The summed E-state index contributed by atoms with van der Waals surface area (Å²) in [6.45, 7) is 4.39. The van der Waals surface area contributed by atoms with E-state index in [-0.39, 0.29) is 6.10 Å². The minimum Gasteiger partial charge on any atom is -0.393 e. The maximum Gasteiger partial charge on any atom is 0.0583 e. The number of aliphatic hydroxyl groups is 1. The monoisotopic (exact) mass is 269 g/mol. The van der Waals surface area contributed by atoms with Crippen molar-refractivity contribution in [3.63, 3.8) is 0 Å². The Balaban J connectivity index is 1.83. The molecule has 2 rings (SSSR count). The topological polar surface area (TPSA) is 33.1 Å². The molecule has 1 unspecified atom stereocenters. The van der Waals surface area contributed by atoms with Gasteiger partial charge in [-0.15, -0.1) is 0 Å². The number of hydrogen-bond acceptors (Lipinski definition) is 2. The van der Waals surface area contributed by atoms with Gasteiger partial charge in [-0.1, -0.05) is 38.1 Å². The normalized spacial score (nSPS) is 12.6. The quantitative estimate of drug-likeness (QED) is 0.866. The zero-order valence-electron chi connectivity index (χ0n) is 12.3. The fourth-order valence-corrected chi connectivity index (χ4v) is 2.30. The van der Waals surface area contributed by atoms with Crippen molar-refractivity contribution in [2.45, 2.75) is 45.1 Å². The molecule has 0 amide bonds. The Morgan fingerprint density at radius 3 is 2.20 bits per heavy atom. The maximum atomic E-state index is 10.1. The van der Waals surface area contributed by atoms with Crippen LogP contribution in [0.2, 0.25) is 0 Å². The summed E-state index contributed by atoms with van der Waals surface area (Å²) < 4.78 is 0. The van der Waals surface area contributed by atoms with E-state index in [9.17, 15) is 5.11 Å². The number of rotatable bonds is 6. The van der Waals surface area contributed by atoms with Crippen LogP contribution < -0.4 is 0 Å². The highest BCUT2D eigenvalue weighted by molar-refractivity contribution is 5.25. The zero-order valence-corrected chi connectivity index (χ0v) is 12.3. The van der Waals surface area contributed by atoms with Crippen LogP contribution >= 0.6 is 0 Å². The summed E-state index contributed by atoms with van der Waals surface area (Å²) in [5.74, 6) is 0.556. The Hall–Kier alpha value is -1.67. The Morgan fingerprint density at radius 1 is 0.950 bits per heavy atom. The second-order valence-electron chi connectivity index (χ2n) is 5.65. The van der Waals surface area contributed by atoms with Crippen LogP contribution in [0.3, 0.4) is 0 Å². The third-order valence-corrected chi connectivity index (χ3v) is 3.63. The molecule has 0 fully saturated rings. The fraction of sp³-hybridized carbons (Fsp3) is 0.389. The Kier molecular flexibility index (Phi) is 5.31. The molecular weight excluding hydrogens is 246 g/mol. The lowest BCUT2D eigenvalue weighted by atomic mass is 9.98. The molecule has 1 heterocycles. The predicted molar refractivity (Wildman–Crippen MR) is 82.8 cm³/mol. The van der Waals surface area contributed by atoms with E-state index in [1.54, 1.807) is 12.4 Å². The highest BCUT2D eigenvalue weighted by Gasteiger charge is 2.07. The summed E-state index contributed by atoms with van der Waals surface area (Å²) in [7, 11) is 0. The largest absolute Gasteiger partial charge is 0.393 e. The van der Waals surface area contributed by atoms with E-state index in [0.29, 0.717) is 5.92 Å². The lowest BCUT2D eigenvalue weighted by molar-refractivity contribution is 0.165. The van der Waals surface area contributed by atoms with Crippen LogP contribution in [-0.4, -0.2) is 16.2 Å². The van der Waals surface area contributed by atoms with Gasteiger partial charge in [-0.3, -0.25) is 4.98 Å². The van der Waals surface area contributed by atoms with Crippen molar-refractivity contribution in [3.05, 3.63) is 65.5 Å². The number of pyridine rings is 1. The van der Waals surface area contributed by atoms with Gasteiger partial charge in [0.05, 0.1) is 6.10 Å². The Morgan fingerprint density at radius 2 is 1.60 bits per heavy atom. The van der Waals surface area contributed by atoms with E-state index in [0.717, 1.165) is 19.3 Å². The van der Waals surface area contributed by atoms with Gasteiger partial charge in [0.2, 0.25) is 0 Å². The number of hydrogen-bond donors (Lipinski definition) is 1. The van der Waals surface area contributed by atoms with Gasteiger partial charge < -0.3 is 5.11 Å². The number of nitrogens with zero attached hydrogens (tertiary/aromatic N) is 1. The van der Waals surface area contributed by atoms with Crippen LogP contribution in [0.1, 0.15) is 42.9 Å². The van der Waals surface area contributed by atoms with Crippen molar-refractivity contribution < 1.29 is 5.11 Å². The molecule has 0 aliphatic carbocycles. The van der Waals surface area contributed by atoms with Crippen molar-refractivity contribution in [3.8, 4) is 0 Å². The van der Waals surface area contributed by atoms with Crippen LogP contribution in [-0.2, 0) is 12.8 Å². The third kappa shape index (κ3) is 4.46. The number of aliphatic hydroxyl groups excluding tert-OH is 1. The molecule has 0 aliphatic rings. The van der Waals surface area contributed by atoms with Crippen molar-refractivity contribution in [1.82, 2.24) is 4.98 Å². The molecule has 1 aromatic heterocycles.